The normalized spacial score (nSPS) is 21.2. The van der Waals surface area contributed by atoms with Crippen LogP contribution < -0.4 is 10.5 Å². The molecule has 1 fully saturated rings. The summed E-state index contributed by atoms with van der Waals surface area (Å²) in [7, 11) is -3.82. The van der Waals surface area contributed by atoms with E-state index >= 15 is 0 Å². The molecule has 1 amide bonds. The van der Waals surface area contributed by atoms with Gasteiger partial charge in [-0.25, -0.2) is 13.6 Å². The highest BCUT2D eigenvalue weighted by atomic mass is 32.2. The average Bonchev–Trinajstić information content (AvgIpc) is 3.16. The van der Waals surface area contributed by atoms with Crippen LogP contribution in [0, 0.1) is 11.3 Å². The van der Waals surface area contributed by atoms with Gasteiger partial charge in [0.05, 0.1) is 10.8 Å². The third kappa shape index (κ3) is 3.88. The summed E-state index contributed by atoms with van der Waals surface area (Å²) < 4.78 is 61.0. The second kappa shape index (κ2) is 6.56. The van der Waals surface area contributed by atoms with Gasteiger partial charge < -0.3 is 5.32 Å². The van der Waals surface area contributed by atoms with Gasteiger partial charge >= 0.3 is 6.18 Å². The highest BCUT2D eigenvalue weighted by Crippen LogP contribution is 2.64. The van der Waals surface area contributed by atoms with Gasteiger partial charge in [0, 0.05) is 17.8 Å². The predicted molar refractivity (Wildman–Crippen MR) is 95.7 cm³/mol. The number of nitrogens with zero attached hydrogens (tertiary/aromatic N) is 1. The van der Waals surface area contributed by atoms with Crippen molar-refractivity contribution in [2.45, 2.75) is 30.8 Å². The van der Waals surface area contributed by atoms with Gasteiger partial charge in [-0.3, -0.25) is 9.78 Å². The van der Waals surface area contributed by atoms with Crippen LogP contribution in [0.25, 0.3) is 0 Å². The molecule has 1 aromatic heterocycles. The smallest absolute Gasteiger partial charge is 0.326 e. The van der Waals surface area contributed by atoms with Gasteiger partial charge in [0.15, 0.2) is 0 Å². The Hall–Kier alpha value is -2.46. The predicted octanol–water partition coefficient (Wildman–Crippen LogP) is 3.13. The Labute approximate surface area is 160 Å². The van der Waals surface area contributed by atoms with Gasteiger partial charge in [-0.05, 0) is 35.2 Å². The van der Waals surface area contributed by atoms with Crippen molar-refractivity contribution >= 4 is 21.6 Å². The monoisotopic (exact) mass is 413 g/mol. The molecule has 1 aromatic carbocycles. The standard InChI is InChI=1S/C18H18F3N3O3S/c1-17(2)14(10-3-5-12(6-4-10)28(22,26)27)15(17)16(25)24-11-7-8-23-13(9-11)18(19,20)21/h3-9,14-15H,1-2H3,(H2,22,26,27)(H,23,24,25)/t14-,15+/m1/s1. The van der Waals surface area contributed by atoms with Crippen LogP contribution in [0.3, 0.4) is 0 Å². The number of hydrogen-bond donors (Lipinski definition) is 2. The highest BCUT2D eigenvalue weighted by molar-refractivity contribution is 7.89. The second-order valence-electron chi connectivity index (χ2n) is 7.31. The van der Waals surface area contributed by atoms with E-state index in [1.165, 1.54) is 18.2 Å². The van der Waals surface area contributed by atoms with Crippen molar-refractivity contribution in [1.82, 2.24) is 4.98 Å². The molecule has 0 aliphatic heterocycles. The maximum atomic E-state index is 12.8. The van der Waals surface area contributed by atoms with Gasteiger partial charge in [-0.15, -0.1) is 0 Å². The molecule has 150 valence electrons. The van der Waals surface area contributed by atoms with Crippen LogP contribution in [0.2, 0.25) is 0 Å². The van der Waals surface area contributed by atoms with Gasteiger partial charge in [0.1, 0.15) is 5.69 Å². The molecular weight excluding hydrogens is 395 g/mol. The number of nitrogens with two attached hydrogens (primary N) is 1. The summed E-state index contributed by atoms with van der Waals surface area (Å²) in [6.07, 6.45) is -3.62. The van der Waals surface area contributed by atoms with Crippen molar-refractivity contribution in [3.8, 4) is 0 Å². The third-order valence-corrected chi connectivity index (χ3v) is 5.92. The Morgan fingerprint density at radius 2 is 1.79 bits per heavy atom. The summed E-state index contributed by atoms with van der Waals surface area (Å²) in [5.74, 6) is -1.09. The van der Waals surface area contributed by atoms with Crippen LogP contribution in [0.5, 0.6) is 0 Å². The van der Waals surface area contributed by atoms with E-state index in [-0.39, 0.29) is 16.5 Å². The number of halogens is 3. The first-order valence-corrected chi connectivity index (χ1v) is 9.83. The number of alkyl halides is 3. The number of rotatable bonds is 4. The first kappa shape index (κ1) is 20.3. The lowest BCUT2D eigenvalue weighted by molar-refractivity contribution is -0.141. The lowest BCUT2D eigenvalue weighted by Gasteiger charge is -2.09. The highest BCUT2D eigenvalue weighted by Gasteiger charge is 2.62. The maximum Gasteiger partial charge on any atom is 0.433 e. The number of pyridine rings is 1. The molecule has 1 aliphatic rings. The fourth-order valence-corrected chi connectivity index (χ4v) is 4.01. The summed E-state index contributed by atoms with van der Waals surface area (Å²) in [5.41, 5.74) is -0.760. The number of aromatic nitrogens is 1. The molecule has 10 heteroatoms. The Bertz CT molecular complexity index is 1020. The largest absolute Gasteiger partial charge is 0.433 e. The van der Waals surface area contributed by atoms with E-state index in [1.807, 2.05) is 13.8 Å². The van der Waals surface area contributed by atoms with Crippen molar-refractivity contribution < 1.29 is 26.4 Å². The van der Waals surface area contributed by atoms with Crippen LogP contribution in [0.1, 0.15) is 31.0 Å². The summed E-state index contributed by atoms with van der Waals surface area (Å²) >= 11 is 0. The quantitative estimate of drug-likeness (QED) is 0.804. The van der Waals surface area contributed by atoms with Crippen LogP contribution in [-0.2, 0) is 21.0 Å². The summed E-state index contributed by atoms with van der Waals surface area (Å²) in [4.78, 5) is 15.9. The number of amides is 1. The first-order valence-electron chi connectivity index (χ1n) is 8.28. The molecule has 0 bridgehead atoms. The molecule has 0 saturated heterocycles. The fraction of sp³-hybridized carbons (Fsp3) is 0.333. The van der Waals surface area contributed by atoms with E-state index in [0.717, 1.165) is 17.8 Å². The number of benzene rings is 1. The van der Waals surface area contributed by atoms with Crippen LogP contribution >= 0.6 is 0 Å². The first-order chi connectivity index (χ1) is 12.8. The molecule has 28 heavy (non-hydrogen) atoms. The number of nitrogens with one attached hydrogen (secondary N) is 1. The lowest BCUT2D eigenvalue weighted by Crippen LogP contribution is -2.18. The summed E-state index contributed by atoms with van der Waals surface area (Å²) in [6, 6.07) is 7.99. The van der Waals surface area contributed by atoms with E-state index in [0.29, 0.717) is 0 Å². The van der Waals surface area contributed by atoms with E-state index in [9.17, 15) is 26.4 Å². The van der Waals surface area contributed by atoms with E-state index < -0.39 is 39.1 Å². The Morgan fingerprint density at radius 1 is 1.18 bits per heavy atom. The Morgan fingerprint density at radius 3 is 2.32 bits per heavy atom. The third-order valence-electron chi connectivity index (χ3n) is 5.00. The Kier molecular flexibility index (Phi) is 4.75. The summed E-state index contributed by atoms with van der Waals surface area (Å²) in [6.45, 7) is 3.73. The minimum absolute atomic E-state index is 0.0124. The number of carbonyl (C=O) groups excluding carboxylic acids is 1. The molecule has 2 atom stereocenters. The van der Waals surface area contributed by atoms with Crippen molar-refractivity contribution in [3.05, 3.63) is 53.9 Å². The lowest BCUT2D eigenvalue weighted by atomic mass is 10.0. The van der Waals surface area contributed by atoms with Crippen LogP contribution in [0.15, 0.2) is 47.5 Å². The maximum absolute atomic E-state index is 12.8. The molecule has 3 rings (SSSR count). The van der Waals surface area contributed by atoms with Gasteiger partial charge in [-0.2, -0.15) is 13.2 Å². The molecule has 1 saturated carbocycles. The zero-order chi connectivity index (χ0) is 20.9. The summed E-state index contributed by atoms with van der Waals surface area (Å²) in [5, 5.41) is 7.59. The van der Waals surface area contributed by atoms with E-state index in [4.69, 9.17) is 5.14 Å². The van der Waals surface area contributed by atoms with E-state index in [2.05, 4.69) is 10.3 Å². The minimum atomic E-state index is -4.60. The van der Waals surface area contributed by atoms with Crippen molar-refractivity contribution in [3.63, 3.8) is 0 Å². The van der Waals surface area contributed by atoms with Gasteiger partial charge in [0.2, 0.25) is 15.9 Å². The van der Waals surface area contributed by atoms with Gasteiger partial charge in [0.25, 0.3) is 0 Å². The van der Waals surface area contributed by atoms with Crippen LogP contribution in [0.4, 0.5) is 18.9 Å². The molecular formula is C18H18F3N3O3S. The number of sulfonamides is 1. The van der Waals surface area contributed by atoms with Crippen molar-refractivity contribution in [2.75, 3.05) is 5.32 Å². The second-order valence-corrected chi connectivity index (χ2v) is 8.87. The molecule has 0 unspecified atom stereocenters. The molecule has 2 aromatic rings. The van der Waals surface area contributed by atoms with Crippen LogP contribution in [-0.4, -0.2) is 19.3 Å². The minimum Gasteiger partial charge on any atom is -0.326 e. The molecule has 1 heterocycles. The van der Waals surface area contributed by atoms with Crippen molar-refractivity contribution in [2.24, 2.45) is 16.5 Å². The molecule has 3 N–H and O–H groups in total. The molecule has 0 spiro atoms. The Balaban J connectivity index is 1.78. The topological polar surface area (TPSA) is 102 Å². The van der Waals surface area contributed by atoms with E-state index in [1.54, 1.807) is 12.1 Å². The zero-order valence-corrected chi connectivity index (χ0v) is 15.8. The van der Waals surface area contributed by atoms with Crippen molar-refractivity contribution in [1.29, 1.82) is 0 Å². The van der Waals surface area contributed by atoms with Gasteiger partial charge in [-0.1, -0.05) is 26.0 Å². The molecule has 6 nitrogen and oxygen atoms in total. The number of hydrogen-bond acceptors (Lipinski definition) is 4. The molecule has 0 radical (unpaired) electrons. The molecule has 1 aliphatic carbocycles. The zero-order valence-electron chi connectivity index (χ0n) is 15.0. The average molecular weight is 413 g/mol. The number of anilines is 1. The SMILES string of the molecule is CC1(C)[C@H](C(=O)Nc2ccnc(C(F)(F)F)c2)[C@H]1c1ccc(S(N)(=O)=O)cc1. The number of primary sulfonamides is 1. The fourth-order valence-electron chi connectivity index (χ4n) is 3.50. The number of carbonyl (C=O) groups is 1.